The zero-order chi connectivity index (χ0) is 58.4. The predicted molar refractivity (Wildman–Crippen MR) is 275 cm³/mol. The van der Waals surface area contributed by atoms with Gasteiger partial charge in [0.1, 0.15) is 67.1 Å². The van der Waals surface area contributed by atoms with Gasteiger partial charge in [-0.1, -0.05) is 72.3 Å². The molecule has 8 aliphatic rings. The molecule has 4 saturated carbocycles. The van der Waals surface area contributed by atoms with Crippen LogP contribution in [0.25, 0.3) is 0 Å². The van der Waals surface area contributed by atoms with Crippen LogP contribution in [0, 0.1) is 50.2 Å². The molecular formula is C57H88O22. The summed E-state index contributed by atoms with van der Waals surface area (Å²) < 4.78 is 49.1. The summed E-state index contributed by atoms with van der Waals surface area (Å²) in [7, 11) is 0. The highest BCUT2D eigenvalue weighted by Crippen LogP contribution is 2.76. The Labute approximate surface area is 461 Å². The lowest BCUT2D eigenvalue weighted by Gasteiger charge is -2.72. The molecule has 5 aliphatic carbocycles. The van der Waals surface area contributed by atoms with Crippen LogP contribution in [0.3, 0.4) is 0 Å². The summed E-state index contributed by atoms with van der Waals surface area (Å²) in [5.74, 6) is -3.40. The molecule has 8 unspecified atom stereocenters. The molecule has 3 saturated heterocycles. The Kier molecular flexibility index (Phi) is 17.7. The molecule has 3 aliphatic heterocycles. The monoisotopic (exact) mass is 1120 g/mol. The summed E-state index contributed by atoms with van der Waals surface area (Å²) in [4.78, 5) is 40.3. The highest BCUT2D eigenvalue weighted by Gasteiger charge is 2.74. The average Bonchev–Trinajstić information content (AvgIpc) is 3.49. The quantitative estimate of drug-likeness (QED) is 0.0536. The van der Waals surface area contributed by atoms with Crippen molar-refractivity contribution in [1.29, 1.82) is 0 Å². The van der Waals surface area contributed by atoms with Crippen molar-refractivity contribution in [3.63, 3.8) is 0 Å². The summed E-state index contributed by atoms with van der Waals surface area (Å²) in [6, 6.07) is 0. The Morgan fingerprint density at radius 1 is 0.684 bits per heavy atom. The summed E-state index contributed by atoms with van der Waals surface area (Å²) in [6.45, 7) is 19.6. The van der Waals surface area contributed by atoms with Crippen LogP contribution in [0.5, 0.6) is 0 Å². The lowest BCUT2D eigenvalue weighted by Crippen LogP contribution is -2.72. The number of hydrogen-bond acceptors (Lipinski definition) is 21. The third-order valence-corrected chi connectivity index (χ3v) is 21.2. The van der Waals surface area contributed by atoms with Crippen molar-refractivity contribution in [2.75, 3.05) is 19.8 Å². The van der Waals surface area contributed by atoms with E-state index in [0.717, 1.165) is 5.57 Å². The second kappa shape index (κ2) is 22.5. The molecule has 0 bridgehead atoms. The first-order valence-electron chi connectivity index (χ1n) is 28.0. The number of allylic oxidation sites excluding steroid dienone is 4. The van der Waals surface area contributed by atoms with Crippen molar-refractivity contribution >= 4 is 17.9 Å². The molecule has 79 heavy (non-hydrogen) atoms. The highest BCUT2D eigenvalue weighted by molar-refractivity contribution is 5.89. The van der Waals surface area contributed by atoms with Gasteiger partial charge in [0.2, 0.25) is 0 Å². The zero-order valence-corrected chi connectivity index (χ0v) is 47.3. The van der Waals surface area contributed by atoms with Gasteiger partial charge in [0.15, 0.2) is 31.1 Å². The molecule has 0 aromatic carbocycles. The number of carboxylic acid groups (broad SMARTS) is 1. The van der Waals surface area contributed by atoms with E-state index < -0.39 is 181 Å². The lowest BCUT2D eigenvalue weighted by molar-refractivity contribution is -0.392. The van der Waals surface area contributed by atoms with Crippen molar-refractivity contribution in [2.45, 2.75) is 232 Å². The number of hydrogen-bond donors (Lipinski definition) is 11. The van der Waals surface area contributed by atoms with Crippen LogP contribution >= 0.6 is 0 Å². The molecule has 0 radical (unpaired) electrons. The first-order valence-corrected chi connectivity index (χ1v) is 28.0. The number of carboxylic acids is 1. The highest BCUT2D eigenvalue weighted by atomic mass is 16.8. The Hall–Kier alpha value is -3.01. The van der Waals surface area contributed by atoms with Gasteiger partial charge in [0, 0.05) is 16.6 Å². The Morgan fingerprint density at radius 3 is 1.89 bits per heavy atom. The van der Waals surface area contributed by atoms with Crippen LogP contribution in [-0.4, -0.2) is 204 Å². The van der Waals surface area contributed by atoms with Gasteiger partial charge in [-0.15, -0.1) is 0 Å². The second-order valence-corrected chi connectivity index (χ2v) is 26.0. The third-order valence-electron chi connectivity index (χ3n) is 21.2. The van der Waals surface area contributed by atoms with Gasteiger partial charge in [-0.3, -0.25) is 0 Å². The van der Waals surface area contributed by atoms with Gasteiger partial charge in [0.25, 0.3) is 0 Å². The van der Waals surface area contributed by atoms with E-state index in [0.29, 0.717) is 49.7 Å². The van der Waals surface area contributed by atoms with E-state index in [1.165, 1.54) is 0 Å². The van der Waals surface area contributed by atoms with Crippen molar-refractivity contribution in [1.82, 2.24) is 0 Å². The number of aliphatic carboxylic acids is 1. The van der Waals surface area contributed by atoms with Crippen LogP contribution in [0.1, 0.15) is 121 Å². The summed E-state index contributed by atoms with van der Waals surface area (Å²) in [5, 5.41) is 121. The molecule has 22 heteroatoms. The Bertz CT molecular complexity index is 2350. The number of carbonyl (C=O) groups excluding carboxylic acids is 2. The number of ether oxygens (including phenoxy) is 8. The van der Waals surface area contributed by atoms with Crippen molar-refractivity contribution < 1.29 is 108 Å². The molecule has 3 heterocycles. The smallest absolute Gasteiger partial charge is 0.335 e. The Morgan fingerprint density at radius 2 is 1.29 bits per heavy atom. The van der Waals surface area contributed by atoms with Crippen molar-refractivity contribution in [2.24, 2.45) is 50.2 Å². The fraction of sp³-hybridized carbons (Fsp3) is 0.842. The van der Waals surface area contributed by atoms with Gasteiger partial charge >= 0.3 is 17.9 Å². The number of carbonyl (C=O) groups is 3. The predicted octanol–water partition coefficient (Wildman–Crippen LogP) is 1.29. The van der Waals surface area contributed by atoms with E-state index in [2.05, 4.69) is 40.7 Å². The van der Waals surface area contributed by atoms with Crippen molar-refractivity contribution in [3.8, 4) is 0 Å². The van der Waals surface area contributed by atoms with Crippen LogP contribution in [0.2, 0.25) is 0 Å². The van der Waals surface area contributed by atoms with Crippen LogP contribution in [0.15, 0.2) is 34.9 Å². The topological polar surface area (TPSA) is 348 Å². The molecule has 11 N–H and O–H groups in total. The number of aliphatic hydroxyl groups excluding tert-OH is 10. The van der Waals surface area contributed by atoms with Gasteiger partial charge in [-0.2, -0.15) is 0 Å². The average molecular weight is 1130 g/mol. The largest absolute Gasteiger partial charge is 0.479 e. The Balaban J connectivity index is 1.12. The van der Waals surface area contributed by atoms with Crippen LogP contribution in [0.4, 0.5) is 0 Å². The van der Waals surface area contributed by atoms with Crippen LogP contribution < -0.4 is 0 Å². The SMILES string of the molecule is C/C=C(/C)C(=O)O[C@H]1[C@H](OC(=O)/C(C)=C/C)[C@@]2(CO)C(CC1(C)C)C1=CCC3[C@@]4(C)CC[C@H](O[C@@H]5OC(C(=O)O)[C@H](O)[C@H](O[C@@H]6OC[C@H](O)[C@H](O)C6O)C5O[C@@H]5OC(CO)[C@H](O)[C@H](O)C5O)C(C)(C)C4CC[C@@]3(C)[C@]1(C)C[C@H]2O. The molecule has 0 amide bonds. The summed E-state index contributed by atoms with van der Waals surface area (Å²) in [5.41, 5.74) is -2.71. The van der Waals surface area contributed by atoms with Gasteiger partial charge < -0.3 is 94.1 Å². The van der Waals surface area contributed by atoms with Crippen LogP contribution in [-0.2, 0) is 52.3 Å². The number of rotatable bonds is 13. The molecule has 8 rings (SSSR count). The summed E-state index contributed by atoms with van der Waals surface area (Å²) in [6.07, 6.45) is -20.6. The minimum Gasteiger partial charge on any atom is -0.479 e. The normalized spacial score (nSPS) is 48.7. The molecule has 0 spiro atoms. The zero-order valence-electron chi connectivity index (χ0n) is 47.3. The minimum absolute atomic E-state index is 0.0231. The first-order chi connectivity index (χ1) is 36.9. The van der Waals surface area contributed by atoms with E-state index in [4.69, 9.17) is 37.9 Å². The van der Waals surface area contributed by atoms with E-state index >= 15 is 0 Å². The molecule has 0 aromatic heterocycles. The fourth-order valence-electron chi connectivity index (χ4n) is 16.1. The first kappa shape index (κ1) is 62.0. The van der Waals surface area contributed by atoms with E-state index in [1.54, 1.807) is 39.8 Å². The van der Waals surface area contributed by atoms with Gasteiger partial charge in [-0.05, 0) is 112 Å². The summed E-state index contributed by atoms with van der Waals surface area (Å²) >= 11 is 0. The second-order valence-electron chi connectivity index (χ2n) is 26.0. The molecule has 0 aromatic rings. The molecule has 22 nitrogen and oxygen atoms in total. The minimum atomic E-state index is -2.10. The lowest BCUT2D eigenvalue weighted by atomic mass is 9.33. The standard InChI is InChI=1S/C57H88O22/c1-12-25(3)47(70)78-44-45(79-48(71)26(4)13-2)57(24-59)28(20-52(44,5)6)27-14-15-32-54(9)18-17-34(53(7,8)31(54)16-19-55(32,10)56(27,11)21-33(57)61)74-51-43(77-50-39(66)37(64)36(63)30(22-58)73-50)41(40(67)42(76-51)46(68)69)75-49-38(65)35(62)29(60)23-72-49/h12-14,28-45,49-51,58-67H,15-24H2,1-11H3,(H,68,69)/b25-12-,26-13+/t28?,29-,30?,31?,32?,33+,34-,35-,36-,37-,38?,39?,40+,41-,42?,43?,44-,45-,49-,50-,51+,54-,55+,56+,57-/m0/s1. The number of esters is 2. The van der Waals surface area contributed by atoms with E-state index in [1.807, 2.05) is 13.8 Å². The fourth-order valence-corrected chi connectivity index (χ4v) is 16.1. The third kappa shape index (κ3) is 10.1. The molecule has 25 atom stereocenters. The maximum Gasteiger partial charge on any atom is 0.335 e. The van der Waals surface area contributed by atoms with E-state index in [-0.39, 0.29) is 23.7 Å². The molecule has 448 valence electrons. The maximum atomic E-state index is 13.8. The van der Waals surface area contributed by atoms with Crippen molar-refractivity contribution in [3.05, 3.63) is 34.9 Å². The van der Waals surface area contributed by atoms with Gasteiger partial charge in [-0.25, -0.2) is 14.4 Å². The number of fused-ring (bicyclic) bond motifs is 7. The number of aliphatic hydroxyl groups is 10. The van der Waals surface area contributed by atoms with E-state index in [9.17, 15) is 70.6 Å². The molecule has 7 fully saturated rings. The van der Waals surface area contributed by atoms with Gasteiger partial charge in [0.05, 0.1) is 37.4 Å². The maximum absolute atomic E-state index is 13.8. The molecular weight excluding hydrogens is 1040 g/mol.